The van der Waals surface area contributed by atoms with Gasteiger partial charge in [-0.05, 0) is 0 Å². The summed E-state index contributed by atoms with van der Waals surface area (Å²) in [6.07, 6.45) is 0. The molecule has 1 N–H and O–H groups in total. The molecule has 0 aromatic carbocycles. The standard InChI is InChI=1S/Mo.H3O4P.H2O/c;1-5(2,3)4;/h;(H3,1,2,3,4);1H2/q+4;;/p-4. The summed E-state index contributed by atoms with van der Waals surface area (Å²) in [4.78, 5) is 25.6. The molecule has 0 aromatic rings. The Bertz CT molecular complexity index is 54.2. The number of rotatable bonds is 0. The van der Waals surface area contributed by atoms with Crippen molar-refractivity contribution in [2.45, 2.75) is 0 Å². The van der Waals surface area contributed by atoms with E-state index in [-0.39, 0.29) is 26.5 Å². The van der Waals surface area contributed by atoms with Gasteiger partial charge in [-0.15, -0.1) is 0 Å². The van der Waals surface area contributed by atoms with Crippen LogP contribution in [0.15, 0.2) is 0 Å². The Kier molecular flexibility index (Phi) is 11.0. The maximum absolute atomic E-state index is 8.55. The molecule has 0 saturated heterocycles. The van der Waals surface area contributed by atoms with Crippen LogP contribution in [-0.4, -0.2) is 5.48 Å². The SMILES string of the molecule is O=P([O-])([O-])[O-].[Mo+4].[OH-]. The van der Waals surface area contributed by atoms with Gasteiger partial charge in [-0.2, -0.15) is 7.82 Å². The summed E-state index contributed by atoms with van der Waals surface area (Å²) in [6.45, 7) is 0. The molecule has 0 saturated carbocycles. The molecule has 0 amide bonds. The van der Waals surface area contributed by atoms with E-state index in [0.29, 0.717) is 0 Å². The Morgan fingerprint density at radius 2 is 1.14 bits per heavy atom. The van der Waals surface area contributed by atoms with Gasteiger partial charge in [-0.1, -0.05) is 0 Å². The zero-order valence-corrected chi connectivity index (χ0v) is 5.84. The monoisotopic (exact) mass is 210 g/mol. The molecule has 0 aliphatic heterocycles. The fourth-order valence-electron chi connectivity index (χ4n) is 0. The maximum Gasteiger partial charge on any atom is 4.00 e. The number of hydrogen-bond donors (Lipinski definition) is 0. The van der Waals surface area contributed by atoms with Crippen LogP contribution in [0.4, 0.5) is 0 Å². The average molecular weight is 208 g/mol. The molecular weight excluding hydrogens is 207 g/mol. The van der Waals surface area contributed by atoms with Gasteiger partial charge in [0, 0.05) is 0 Å². The van der Waals surface area contributed by atoms with Crippen LogP contribution in [0.2, 0.25) is 0 Å². The topological polar surface area (TPSA) is 116 Å². The van der Waals surface area contributed by atoms with Crippen molar-refractivity contribution in [3.05, 3.63) is 0 Å². The molecule has 0 fully saturated rings. The summed E-state index contributed by atoms with van der Waals surface area (Å²) in [5, 5.41) is 0. The van der Waals surface area contributed by atoms with Gasteiger partial charge in [0.15, 0.2) is 0 Å². The minimum atomic E-state index is -5.39. The third kappa shape index (κ3) is 266. The third-order valence-electron chi connectivity index (χ3n) is 0. The molecule has 0 spiro atoms. The molecular formula is HMoO5P. The van der Waals surface area contributed by atoms with Crippen LogP contribution >= 0.6 is 7.82 Å². The summed E-state index contributed by atoms with van der Waals surface area (Å²) < 4.78 is 8.55. The van der Waals surface area contributed by atoms with Crippen molar-refractivity contribution in [3.8, 4) is 0 Å². The molecule has 0 aromatic heterocycles. The molecule has 0 radical (unpaired) electrons. The van der Waals surface area contributed by atoms with E-state index in [1.807, 2.05) is 0 Å². The van der Waals surface area contributed by atoms with Crippen molar-refractivity contribution >= 4 is 7.82 Å². The van der Waals surface area contributed by atoms with Crippen LogP contribution in [0.5, 0.6) is 0 Å². The van der Waals surface area contributed by atoms with Crippen LogP contribution in [0.25, 0.3) is 0 Å². The molecule has 0 aliphatic carbocycles. The van der Waals surface area contributed by atoms with Crippen LogP contribution in [0.1, 0.15) is 0 Å². The first-order valence-electron chi connectivity index (χ1n) is 0.730. The van der Waals surface area contributed by atoms with Crippen molar-refractivity contribution in [2.24, 2.45) is 0 Å². The van der Waals surface area contributed by atoms with Crippen molar-refractivity contribution in [1.29, 1.82) is 0 Å². The predicted octanol–water partition coefficient (Wildman–Crippen LogP) is -3.00. The van der Waals surface area contributed by atoms with E-state index in [1.165, 1.54) is 0 Å². The Labute approximate surface area is 54.2 Å². The normalized spacial score (nSPS) is 8.43. The third-order valence-corrected chi connectivity index (χ3v) is 0. The molecule has 42 valence electrons. The van der Waals surface area contributed by atoms with Gasteiger partial charge in [0.05, 0.1) is 0 Å². The number of hydrogen-bond acceptors (Lipinski definition) is 5. The van der Waals surface area contributed by atoms with Gasteiger partial charge in [0.1, 0.15) is 0 Å². The summed E-state index contributed by atoms with van der Waals surface area (Å²) in [7, 11) is -5.39. The summed E-state index contributed by atoms with van der Waals surface area (Å²) >= 11 is 0. The second-order valence-corrected chi connectivity index (χ2v) is 1.34. The Morgan fingerprint density at radius 3 is 1.14 bits per heavy atom. The quantitative estimate of drug-likeness (QED) is 0.310. The summed E-state index contributed by atoms with van der Waals surface area (Å²) in [6, 6.07) is 0. The molecule has 5 nitrogen and oxygen atoms in total. The minimum absolute atomic E-state index is 0. The van der Waals surface area contributed by atoms with Crippen LogP contribution in [-0.2, 0) is 25.6 Å². The van der Waals surface area contributed by atoms with Crippen molar-refractivity contribution in [3.63, 3.8) is 0 Å². The van der Waals surface area contributed by atoms with Gasteiger partial charge in [-0.25, -0.2) is 0 Å². The van der Waals surface area contributed by atoms with Gasteiger partial charge in [-0.3, -0.25) is 0 Å². The Hall–Kier alpha value is 0.758. The molecule has 0 rings (SSSR count). The molecule has 0 unspecified atom stereocenters. The number of phosphoric acid groups is 1. The predicted molar refractivity (Wildman–Crippen MR) is 9.54 cm³/mol. The van der Waals surface area contributed by atoms with Gasteiger partial charge >= 0.3 is 21.1 Å². The molecule has 0 bridgehead atoms. The van der Waals surface area contributed by atoms with Crippen LogP contribution in [0.3, 0.4) is 0 Å². The van der Waals surface area contributed by atoms with Crippen molar-refractivity contribution in [1.82, 2.24) is 0 Å². The first-order chi connectivity index (χ1) is 2.00. The average Bonchev–Trinajstić information content (AvgIpc) is 0.722. The van der Waals surface area contributed by atoms with E-state index >= 15 is 0 Å². The fourth-order valence-corrected chi connectivity index (χ4v) is 0. The van der Waals surface area contributed by atoms with E-state index in [1.54, 1.807) is 0 Å². The molecule has 0 heterocycles. The smallest absolute Gasteiger partial charge is 0.870 e. The van der Waals surface area contributed by atoms with E-state index in [4.69, 9.17) is 19.2 Å². The van der Waals surface area contributed by atoms with Gasteiger partial charge in [0.25, 0.3) is 0 Å². The first kappa shape index (κ1) is 15.7. The molecule has 0 atom stereocenters. The van der Waals surface area contributed by atoms with Crippen molar-refractivity contribution < 1.29 is 45.8 Å². The Balaban J connectivity index is -0.0000000800. The van der Waals surface area contributed by atoms with E-state index < -0.39 is 7.82 Å². The van der Waals surface area contributed by atoms with E-state index in [2.05, 4.69) is 0 Å². The molecule has 7 heavy (non-hydrogen) atoms. The molecule has 0 aliphatic rings. The minimum Gasteiger partial charge on any atom is -0.870 e. The van der Waals surface area contributed by atoms with E-state index in [0.717, 1.165) is 0 Å². The summed E-state index contributed by atoms with van der Waals surface area (Å²) in [5.41, 5.74) is 0. The Morgan fingerprint density at radius 1 is 1.14 bits per heavy atom. The van der Waals surface area contributed by atoms with Crippen LogP contribution < -0.4 is 14.7 Å². The largest absolute Gasteiger partial charge is 4.00 e. The van der Waals surface area contributed by atoms with Crippen molar-refractivity contribution in [2.75, 3.05) is 0 Å². The van der Waals surface area contributed by atoms with Gasteiger partial charge in [0.2, 0.25) is 0 Å². The summed E-state index contributed by atoms with van der Waals surface area (Å²) in [5.74, 6) is 0. The van der Waals surface area contributed by atoms with Crippen LogP contribution in [0, 0.1) is 0 Å². The molecule has 7 heteroatoms. The second-order valence-electron chi connectivity index (χ2n) is 0.447. The van der Waals surface area contributed by atoms with E-state index in [9.17, 15) is 0 Å². The fraction of sp³-hybridized carbons (Fsp3) is 0. The van der Waals surface area contributed by atoms with Gasteiger partial charge < -0.3 is 24.7 Å². The maximum atomic E-state index is 8.55. The zero-order valence-electron chi connectivity index (χ0n) is 2.94. The second kappa shape index (κ2) is 4.91. The zero-order chi connectivity index (χ0) is 4.50. The first-order valence-corrected chi connectivity index (χ1v) is 2.19.